The summed E-state index contributed by atoms with van der Waals surface area (Å²) in [6, 6.07) is 8.71. The maximum Gasteiger partial charge on any atom is 0.476 e. The smallest absolute Gasteiger partial charge is 0.379 e. The van der Waals surface area contributed by atoms with E-state index in [1.807, 2.05) is 30.3 Å². The summed E-state index contributed by atoms with van der Waals surface area (Å²) in [6.45, 7) is -2.31. The molecule has 1 aromatic carbocycles. The average molecular weight is 278 g/mol. The maximum absolute atomic E-state index is 11.3. The molecule has 17 heavy (non-hydrogen) atoms. The fourth-order valence-electron chi connectivity index (χ4n) is 1.14. The van der Waals surface area contributed by atoms with Gasteiger partial charge in [-0.2, -0.15) is 0 Å². The number of nitrogens with one attached hydrogen (secondary N) is 1. The Morgan fingerprint density at radius 1 is 1.53 bits per heavy atom. The summed E-state index contributed by atoms with van der Waals surface area (Å²) in [5, 5.41) is 2.86. The zero-order chi connectivity index (χ0) is 12.9. The normalized spacial score (nSPS) is 15.9. The zero-order valence-corrected chi connectivity index (χ0v) is 10.8. The van der Waals surface area contributed by atoms with Crippen molar-refractivity contribution >= 4 is 24.2 Å². The molecule has 0 bridgehead atoms. The second-order valence-corrected chi connectivity index (χ2v) is 5.82. The third kappa shape index (κ3) is 5.84. The van der Waals surface area contributed by atoms with Crippen LogP contribution in [-0.2, 0) is 20.4 Å². The Labute approximate surface area is 104 Å². The summed E-state index contributed by atoms with van der Waals surface area (Å²) in [5.74, 6) is -0.859. The molecule has 0 radical (unpaired) electrons. The number of rotatable bonds is 5. The molecule has 7 heteroatoms. The maximum atomic E-state index is 11.3. The molecule has 0 spiro atoms. The predicted octanol–water partition coefficient (Wildman–Crippen LogP) is 2.05. The van der Waals surface area contributed by atoms with E-state index in [1.165, 1.54) is 6.92 Å². The van der Waals surface area contributed by atoms with E-state index in [0.717, 1.165) is 5.56 Å². The molecule has 2 unspecified atom stereocenters. The van der Waals surface area contributed by atoms with Gasteiger partial charge < -0.3 is 14.7 Å². The Hall–Kier alpha value is -0.870. The van der Waals surface area contributed by atoms with Gasteiger partial charge in [0.05, 0.1) is 0 Å². The Bertz CT molecular complexity index is 420. The Kier molecular flexibility index (Phi) is 5.15. The van der Waals surface area contributed by atoms with Gasteiger partial charge in [0.15, 0.2) is 0 Å². The first-order valence-electron chi connectivity index (χ1n) is 4.91. The summed E-state index contributed by atoms with van der Waals surface area (Å²) < 4.78 is 14.8. The van der Waals surface area contributed by atoms with Crippen molar-refractivity contribution in [3.8, 4) is 0 Å². The minimum absolute atomic E-state index is 0.453. The van der Waals surface area contributed by atoms with Gasteiger partial charge in [-0.15, -0.1) is 0 Å². The minimum atomic E-state index is -4.29. The number of carbonyl (C=O) groups is 1. The number of hydrogen-bond donors (Lipinski definition) is 2. The van der Waals surface area contributed by atoms with Crippen molar-refractivity contribution in [3.63, 3.8) is 0 Å². The van der Waals surface area contributed by atoms with Crippen LogP contribution in [0.2, 0.25) is 0 Å². The van der Waals surface area contributed by atoms with Crippen molar-refractivity contribution in [3.05, 3.63) is 35.9 Å². The predicted molar refractivity (Wildman–Crippen MR) is 64.5 cm³/mol. The lowest BCUT2D eigenvalue weighted by atomic mass is 10.2. The molecular weight excluding hydrogens is 265 g/mol. The summed E-state index contributed by atoms with van der Waals surface area (Å²) in [4.78, 5) is 20.0. The highest BCUT2D eigenvalue weighted by Gasteiger charge is 2.24. The first-order valence-corrected chi connectivity index (χ1v) is 7.40. The Morgan fingerprint density at radius 3 is 2.65 bits per heavy atom. The molecule has 0 aromatic heterocycles. The largest absolute Gasteiger partial charge is 0.476 e. The second kappa shape index (κ2) is 6.17. The standard InChI is InChI=1S/C10H13ClNO4P/c1-8(10(13)16-17(11,14)15)12-7-9-5-3-2-4-6-9/h2-6,8,12H,7H2,1H3,(H,14,15). The number of benzene rings is 1. The average Bonchev–Trinajstić information content (AvgIpc) is 2.25. The van der Waals surface area contributed by atoms with E-state index in [2.05, 4.69) is 9.84 Å². The molecule has 0 saturated heterocycles. The second-order valence-electron chi connectivity index (χ2n) is 3.45. The van der Waals surface area contributed by atoms with Crippen LogP contribution < -0.4 is 5.32 Å². The first kappa shape index (κ1) is 14.2. The highest BCUT2D eigenvalue weighted by atomic mass is 35.7. The van der Waals surface area contributed by atoms with E-state index in [-0.39, 0.29) is 0 Å². The van der Waals surface area contributed by atoms with Crippen LogP contribution in [0.15, 0.2) is 30.3 Å². The third-order valence-corrected chi connectivity index (χ3v) is 2.62. The summed E-state index contributed by atoms with van der Waals surface area (Å²) in [5.41, 5.74) is 0.991. The molecule has 2 N–H and O–H groups in total. The summed E-state index contributed by atoms with van der Waals surface area (Å²) in [7, 11) is 0. The van der Waals surface area contributed by atoms with Crippen molar-refractivity contribution < 1.29 is 18.8 Å². The highest BCUT2D eigenvalue weighted by molar-refractivity contribution is 7.80. The molecule has 1 aromatic rings. The van der Waals surface area contributed by atoms with Gasteiger partial charge in [0, 0.05) is 17.8 Å². The van der Waals surface area contributed by atoms with E-state index >= 15 is 0 Å². The molecular formula is C10H13ClNO4P. The lowest BCUT2D eigenvalue weighted by molar-refractivity contribution is -0.136. The SMILES string of the molecule is CC(NCc1ccccc1)C(=O)OP(=O)(O)Cl. The van der Waals surface area contributed by atoms with E-state index in [9.17, 15) is 9.36 Å². The lowest BCUT2D eigenvalue weighted by Crippen LogP contribution is -2.34. The highest BCUT2D eigenvalue weighted by Crippen LogP contribution is 2.47. The molecule has 0 aliphatic heterocycles. The van der Waals surface area contributed by atoms with Crippen molar-refractivity contribution in [1.82, 2.24) is 5.32 Å². The van der Waals surface area contributed by atoms with E-state index in [4.69, 9.17) is 16.1 Å². The topological polar surface area (TPSA) is 75.6 Å². The van der Waals surface area contributed by atoms with Gasteiger partial charge in [0.1, 0.15) is 6.04 Å². The fourth-order valence-corrected chi connectivity index (χ4v) is 1.72. The first-order chi connectivity index (χ1) is 7.88. The van der Waals surface area contributed by atoms with Crippen LogP contribution in [0.3, 0.4) is 0 Å². The Balaban J connectivity index is 2.42. The van der Waals surface area contributed by atoms with Crippen molar-refractivity contribution in [2.24, 2.45) is 0 Å². The van der Waals surface area contributed by atoms with Gasteiger partial charge in [-0.3, -0.25) is 4.79 Å². The van der Waals surface area contributed by atoms with Gasteiger partial charge in [-0.05, 0) is 12.5 Å². The van der Waals surface area contributed by atoms with Crippen LogP contribution in [0.4, 0.5) is 0 Å². The van der Waals surface area contributed by atoms with Crippen molar-refractivity contribution in [2.45, 2.75) is 19.5 Å². The van der Waals surface area contributed by atoms with Gasteiger partial charge in [0.2, 0.25) is 0 Å². The van der Waals surface area contributed by atoms with Gasteiger partial charge in [-0.1, -0.05) is 30.3 Å². The van der Waals surface area contributed by atoms with Gasteiger partial charge in [0.25, 0.3) is 0 Å². The Morgan fingerprint density at radius 2 is 2.12 bits per heavy atom. The van der Waals surface area contributed by atoms with Crippen LogP contribution in [0.1, 0.15) is 12.5 Å². The molecule has 0 heterocycles. The van der Waals surface area contributed by atoms with Crippen LogP contribution in [0.5, 0.6) is 0 Å². The van der Waals surface area contributed by atoms with E-state index < -0.39 is 19.0 Å². The van der Waals surface area contributed by atoms with Crippen LogP contribution in [0, 0.1) is 0 Å². The monoisotopic (exact) mass is 277 g/mol. The molecule has 94 valence electrons. The molecule has 0 aliphatic carbocycles. The molecule has 5 nitrogen and oxygen atoms in total. The number of hydrogen-bond acceptors (Lipinski definition) is 4. The van der Waals surface area contributed by atoms with Gasteiger partial charge >= 0.3 is 12.9 Å². The number of halogens is 1. The fraction of sp³-hybridized carbons (Fsp3) is 0.300. The van der Waals surface area contributed by atoms with Gasteiger partial charge in [-0.25, -0.2) is 4.57 Å². The molecule has 2 atom stereocenters. The third-order valence-electron chi connectivity index (χ3n) is 2.01. The molecule has 0 aliphatic rings. The zero-order valence-electron chi connectivity index (χ0n) is 9.17. The van der Waals surface area contributed by atoms with Crippen molar-refractivity contribution in [2.75, 3.05) is 0 Å². The van der Waals surface area contributed by atoms with E-state index in [1.54, 1.807) is 0 Å². The molecule has 1 rings (SSSR count). The summed E-state index contributed by atoms with van der Waals surface area (Å²) in [6.07, 6.45) is 0. The van der Waals surface area contributed by atoms with Crippen LogP contribution in [-0.4, -0.2) is 16.9 Å². The molecule has 0 saturated carbocycles. The summed E-state index contributed by atoms with van der Waals surface area (Å²) >= 11 is 4.93. The lowest BCUT2D eigenvalue weighted by Gasteiger charge is -2.13. The van der Waals surface area contributed by atoms with E-state index in [0.29, 0.717) is 6.54 Å². The van der Waals surface area contributed by atoms with Crippen LogP contribution >= 0.6 is 18.2 Å². The number of carbonyl (C=O) groups excluding carboxylic acids is 1. The molecule has 0 amide bonds. The quantitative estimate of drug-likeness (QED) is 0.806. The van der Waals surface area contributed by atoms with Crippen LogP contribution in [0.25, 0.3) is 0 Å². The van der Waals surface area contributed by atoms with Crippen molar-refractivity contribution in [1.29, 1.82) is 0 Å². The molecule has 0 fully saturated rings. The minimum Gasteiger partial charge on any atom is -0.379 e.